The fourth-order valence-electron chi connectivity index (χ4n) is 2.79. The Hall–Kier alpha value is -2.48. The van der Waals surface area contributed by atoms with Crippen LogP contribution in [0.1, 0.15) is 11.1 Å². The topological polar surface area (TPSA) is 76.6 Å². The highest BCUT2D eigenvalue weighted by atomic mass is 35.5. The Labute approximate surface area is 177 Å². The van der Waals surface area contributed by atoms with Crippen molar-refractivity contribution in [2.24, 2.45) is 0 Å². The maximum atomic E-state index is 13.5. The van der Waals surface area contributed by atoms with E-state index in [0.717, 1.165) is 6.04 Å². The summed E-state index contributed by atoms with van der Waals surface area (Å²) in [5.41, 5.74) is -0.630. The number of hydrogen-bond acceptors (Lipinski definition) is 5. The number of alkyl halides is 3. The molecule has 3 aromatic rings. The molecule has 0 amide bonds. The standard InChI is InChI=1S/C19H19ClF3N5OSi/c1-30(2,3)7-6-29-11-28-15-8-12(9-24)4-5-13(15)16(27-28)17-14(19(21,22)23)10-25-18(20)26-17/h4-5,8,10H,6-7,11H2,1-3H3. The largest absolute Gasteiger partial charge is 0.420 e. The summed E-state index contributed by atoms with van der Waals surface area (Å²) in [5, 5.41) is 13.6. The molecule has 0 aliphatic heterocycles. The van der Waals surface area contributed by atoms with Crippen molar-refractivity contribution >= 4 is 30.6 Å². The molecule has 6 nitrogen and oxygen atoms in total. The van der Waals surface area contributed by atoms with Crippen molar-refractivity contribution in [1.29, 1.82) is 5.26 Å². The van der Waals surface area contributed by atoms with E-state index in [0.29, 0.717) is 29.3 Å². The normalized spacial score (nSPS) is 12.3. The van der Waals surface area contributed by atoms with Crippen LogP contribution in [0.25, 0.3) is 22.3 Å². The molecule has 0 saturated heterocycles. The summed E-state index contributed by atoms with van der Waals surface area (Å²) in [6.07, 6.45) is -4.04. The quantitative estimate of drug-likeness (QED) is 0.285. The van der Waals surface area contributed by atoms with Crippen molar-refractivity contribution < 1.29 is 17.9 Å². The third-order valence-corrected chi connectivity index (χ3v) is 6.27. The zero-order chi connectivity index (χ0) is 22.1. The van der Waals surface area contributed by atoms with E-state index in [1.54, 1.807) is 12.1 Å². The molecule has 0 atom stereocenters. The van der Waals surface area contributed by atoms with Crippen molar-refractivity contribution in [3.8, 4) is 17.5 Å². The van der Waals surface area contributed by atoms with Crippen LogP contribution in [0.3, 0.4) is 0 Å². The minimum absolute atomic E-state index is 0.0000822. The molecule has 1 aromatic carbocycles. The van der Waals surface area contributed by atoms with Crippen molar-refractivity contribution in [2.75, 3.05) is 6.61 Å². The van der Waals surface area contributed by atoms with Gasteiger partial charge in [0.05, 0.1) is 17.1 Å². The van der Waals surface area contributed by atoms with Gasteiger partial charge in [0.15, 0.2) is 0 Å². The van der Waals surface area contributed by atoms with Crippen LogP contribution in [0.2, 0.25) is 31.0 Å². The highest BCUT2D eigenvalue weighted by Crippen LogP contribution is 2.38. The molecular formula is C19H19ClF3N5OSi. The van der Waals surface area contributed by atoms with Crippen LogP contribution in [0, 0.1) is 11.3 Å². The van der Waals surface area contributed by atoms with Crippen LogP contribution < -0.4 is 0 Å². The fourth-order valence-corrected chi connectivity index (χ4v) is 3.68. The van der Waals surface area contributed by atoms with Gasteiger partial charge in [0, 0.05) is 26.3 Å². The maximum absolute atomic E-state index is 13.5. The molecule has 3 rings (SSSR count). The number of benzene rings is 1. The number of nitrogens with zero attached hydrogens (tertiary/aromatic N) is 5. The van der Waals surface area contributed by atoms with Crippen molar-refractivity contribution in [3.63, 3.8) is 0 Å². The lowest BCUT2D eigenvalue weighted by Gasteiger charge is -2.15. The number of ether oxygens (including phenoxy) is 1. The van der Waals surface area contributed by atoms with E-state index < -0.39 is 25.5 Å². The molecular weight excluding hydrogens is 435 g/mol. The van der Waals surface area contributed by atoms with E-state index in [4.69, 9.17) is 16.3 Å². The molecule has 0 radical (unpaired) electrons. The van der Waals surface area contributed by atoms with Gasteiger partial charge in [-0.3, -0.25) is 0 Å². The fraction of sp³-hybridized carbons (Fsp3) is 0.368. The summed E-state index contributed by atoms with van der Waals surface area (Å²) in [6.45, 7) is 7.20. The zero-order valence-corrected chi connectivity index (χ0v) is 18.3. The first kappa shape index (κ1) is 22.2. The Kier molecular flexibility index (Phi) is 6.17. The van der Waals surface area contributed by atoms with E-state index in [2.05, 4.69) is 34.7 Å². The molecule has 30 heavy (non-hydrogen) atoms. The van der Waals surface area contributed by atoms with Crippen LogP contribution in [0.5, 0.6) is 0 Å². The zero-order valence-electron chi connectivity index (χ0n) is 16.6. The predicted octanol–water partition coefficient (Wildman–Crippen LogP) is 5.35. The summed E-state index contributed by atoms with van der Waals surface area (Å²) in [4.78, 5) is 7.27. The summed E-state index contributed by atoms with van der Waals surface area (Å²) in [5.74, 6) is 0. The molecule has 0 saturated carbocycles. The minimum atomic E-state index is -4.68. The van der Waals surface area contributed by atoms with Crippen molar-refractivity contribution in [1.82, 2.24) is 19.7 Å². The SMILES string of the molecule is C[Si](C)(C)CCOCn1nc(-c2nc(Cl)ncc2C(F)(F)F)c2ccc(C#N)cc21. The van der Waals surface area contributed by atoms with Gasteiger partial charge in [-0.2, -0.15) is 23.5 Å². The lowest BCUT2D eigenvalue weighted by atomic mass is 10.1. The molecule has 0 N–H and O–H groups in total. The number of hydrogen-bond donors (Lipinski definition) is 0. The van der Waals surface area contributed by atoms with Gasteiger partial charge in [0.1, 0.15) is 23.7 Å². The van der Waals surface area contributed by atoms with Crippen LogP contribution in [0.4, 0.5) is 13.2 Å². The number of aromatic nitrogens is 4. The molecule has 0 fully saturated rings. The van der Waals surface area contributed by atoms with Gasteiger partial charge in [-0.25, -0.2) is 14.6 Å². The molecule has 0 aliphatic carbocycles. The Bertz CT molecular complexity index is 1120. The molecule has 0 spiro atoms. The van der Waals surface area contributed by atoms with Gasteiger partial charge < -0.3 is 4.74 Å². The van der Waals surface area contributed by atoms with Crippen LogP contribution >= 0.6 is 11.6 Å². The Balaban J connectivity index is 2.09. The Morgan fingerprint density at radius 3 is 2.60 bits per heavy atom. The highest BCUT2D eigenvalue weighted by Gasteiger charge is 2.36. The van der Waals surface area contributed by atoms with Gasteiger partial charge in [-0.05, 0) is 35.8 Å². The number of fused-ring (bicyclic) bond motifs is 1. The first-order chi connectivity index (χ1) is 14.0. The van der Waals surface area contributed by atoms with Crippen molar-refractivity contribution in [2.45, 2.75) is 38.6 Å². The number of nitriles is 1. The summed E-state index contributed by atoms with van der Waals surface area (Å²) in [7, 11) is -1.30. The van der Waals surface area contributed by atoms with Gasteiger partial charge in [-0.1, -0.05) is 19.6 Å². The Morgan fingerprint density at radius 1 is 1.23 bits per heavy atom. The monoisotopic (exact) mass is 453 g/mol. The average Bonchev–Trinajstić information content (AvgIpc) is 3.01. The molecule has 2 aromatic heterocycles. The second-order valence-corrected chi connectivity index (χ2v) is 13.9. The van der Waals surface area contributed by atoms with Gasteiger partial charge in [-0.15, -0.1) is 0 Å². The molecule has 0 bridgehead atoms. The van der Waals surface area contributed by atoms with Gasteiger partial charge in [0.25, 0.3) is 0 Å². The Morgan fingerprint density at radius 2 is 1.97 bits per heavy atom. The summed E-state index contributed by atoms with van der Waals surface area (Å²) >= 11 is 5.78. The molecule has 2 heterocycles. The third-order valence-electron chi connectivity index (χ3n) is 4.38. The first-order valence-corrected chi connectivity index (χ1v) is 13.2. The van der Waals surface area contributed by atoms with Crippen LogP contribution in [-0.4, -0.2) is 34.4 Å². The van der Waals surface area contributed by atoms with E-state index in [1.165, 1.54) is 10.7 Å². The van der Waals surface area contributed by atoms with Crippen LogP contribution in [-0.2, 0) is 17.6 Å². The van der Waals surface area contributed by atoms with E-state index >= 15 is 0 Å². The highest BCUT2D eigenvalue weighted by molar-refractivity contribution is 6.76. The average molecular weight is 454 g/mol. The predicted molar refractivity (Wildman–Crippen MR) is 110 cm³/mol. The molecule has 0 aliphatic rings. The number of halogens is 4. The second-order valence-electron chi connectivity index (χ2n) is 7.94. The maximum Gasteiger partial charge on any atom is 0.420 e. The van der Waals surface area contributed by atoms with Crippen LogP contribution in [0.15, 0.2) is 24.4 Å². The van der Waals surface area contributed by atoms with E-state index in [9.17, 15) is 18.4 Å². The second kappa shape index (κ2) is 8.33. The van der Waals surface area contributed by atoms with Gasteiger partial charge >= 0.3 is 6.18 Å². The smallest absolute Gasteiger partial charge is 0.360 e. The lowest BCUT2D eigenvalue weighted by molar-refractivity contribution is -0.137. The van der Waals surface area contributed by atoms with Crippen molar-refractivity contribution in [3.05, 3.63) is 40.8 Å². The summed E-state index contributed by atoms with van der Waals surface area (Å²) in [6, 6.07) is 7.58. The van der Waals surface area contributed by atoms with E-state index in [-0.39, 0.29) is 17.7 Å². The van der Waals surface area contributed by atoms with Gasteiger partial charge in [0.2, 0.25) is 5.28 Å². The number of rotatable bonds is 6. The minimum Gasteiger partial charge on any atom is -0.360 e. The molecule has 0 unspecified atom stereocenters. The van der Waals surface area contributed by atoms with E-state index in [1.807, 2.05) is 6.07 Å². The molecule has 158 valence electrons. The first-order valence-electron chi connectivity index (χ1n) is 9.08. The molecule has 11 heteroatoms. The lowest BCUT2D eigenvalue weighted by Crippen LogP contribution is -2.22. The third kappa shape index (κ3) is 4.98. The summed E-state index contributed by atoms with van der Waals surface area (Å²) < 4.78 is 47.7.